The predicted molar refractivity (Wildman–Crippen MR) is 108 cm³/mol. The van der Waals surface area contributed by atoms with Crippen LogP contribution in [0.2, 0.25) is 0 Å². The summed E-state index contributed by atoms with van der Waals surface area (Å²) in [6.45, 7) is 5.09. The Hall–Kier alpha value is -3.20. The minimum Gasteiger partial charge on any atom is -0.459 e. The van der Waals surface area contributed by atoms with Crippen molar-refractivity contribution in [3.63, 3.8) is 0 Å². The smallest absolute Gasteiger partial charge is 0.338 e. The molecule has 0 radical (unpaired) electrons. The van der Waals surface area contributed by atoms with Gasteiger partial charge in [-0.25, -0.2) is 13.2 Å². The summed E-state index contributed by atoms with van der Waals surface area (Å²) in [5.74, 6) is -0.724. The van der Waals surface area contributed by atoms with Crippen molar-refractivity contribution in [2.45, 2.75) is 37.8 Å². The number of hydrogen-bond acceptors (Lipinski definition) is 6. The van der Waals surface area contributed by atoms with E-state index in [4.69, 9.17) is 4.74 Å². The number of sulfonamides is 1. The van der Waals surface area contributed by atoms with Crippen LogP contribution < -0.4 is 10.0 Å². The number of ether oxygens (including phenoxy) is 1. The van der Waals surface area contributed by atoms with E-state index in [0.717, 1.165) is 0 Å². The quantitative estimate of drug-likeness (QED) is 0.728. The number of amides is 1. The van der Waals surface area contributed by atoms with Crippen molar-refractivity contribution in [1.82, 2.24) is 4.72 Å². The summed E-state index contributed by atoms with van der Waals surface area (Å²) in [6, 6.07) is 11.9. The second-order valence-electron chi connectivity index (χ2n) is 6.78. The molecule has 9 heteroatoms. The Bertz CT molecular complexity index is 1080. The highest BCUT2D eigenvalue weighted by Gasteiger charge is 2.31. The van der Waals surface area contributed by atoms with Crippen LogP contribution in [-0.4, -0.2) is 38.3 Å². The summed E-state index contributed by atoms with van der Waals surface area (Å²) in [7, 11) is -3.66. The van der Waals surface area contributed by atoms with Gasteiger partial charge < -0.3 is 10.1 Å². The molecule has 1 aliphatic rings. The zero-order chi connectivity index (χ0) is 21.2. The van der Waals surface area contributed by atoms with Crippen LogP contribution in [0.15, 0.2) is 58.4 Å². The normalized spacial score (nSPS) is 16.8. The van der Waals surface area contributed by atoms with Gasteiger partial charge in [0.15, 0.2) is 0 Å². The number of aliphatic imine (C=N–C) groups is 1. The monoisotopic (exact) mass is 415 g/mol. The number of carbonyl (C=O) groups excluding carboxylic acids is 2. The van der Waals surface area contributed by atoms with Crippen LogP contribution in [0.3, 0.4) is 0 Å². The van der Waals surface area contributed by atoms with Crippen LogP contribution in [0, 0.1) is 0 Å². The van der Waals surface area contributed by atoms with Crippen molar-refractivity contribution in [2.75, 3.05) is 5.32 Å². The molecule has 0 saturated carbocycles. The number of benzene rings is 2. The molecule has 2 N–H and O–H groups in total. The topological polar surface area (TPSA) is 114 Å². The number of fused-ring (bicyclic) bond motifs is 1. The molecular formula is C20H21N3O5S. The van der Waals surface area contributed by atoms with Gasteiger partial charge in [0.2, 0.25) is 5.91 Å². The minimum absolute atomic E-state index is 0.134. The van der Waals surface area contributed by atoms with Crippen LogP contribution in [0.5, 0.6) is 0 Å². The summed E-state index contributed by atoms with van der Waals surface area (Å²) in [4.78, 5) is 28.7. The third kappa shape index (κ3) is 4.62. The number of rotatable bonds is 5. The SMILES string of the molecule is CC(C)OC(=O)c1ccc(NC(=O)[C@H](C)N=C2NS(=O)(=O)c3ccccc32)cc1. The molecule has 0 spiro atoms. The van der Waals surface area contributed by atoms with Crippen molar-refractivity contribution in [2.24, 2.45) is 4.99 Å². The van der Waals surface area contributed by atoms with Gasteiger partial charge in [-0.05, 0) is 57.2 Å². The lowest BCUT2D eigenvalue weighted by Crippen LogP contribution is -2.28. The Labute approximate surface area is 169 Å². The molecule has 29 heavy (non-hydrogen) atoms. The molecular weight excluding hydrogens is 394 g/mol. The van der Waals surface area contributed by atoms with Crippen LogP contribution in [0.25, 0.3) is 0 Å². The lowest BCUT2D eigenvalue weighted by Gasteiger charge is -2.11. The van der Waals surface area contributed by atoms with E-state index in [1.54, 1.807) is 63.2 Å². The van der Waals surface area contributed by atoms with Gasteiger partial charge in [-0.15, -0.1) is 0 Å². The zero-order valence-electron chi connectivity index (χ0n) is 16.2. The van der Waals surface area contributed by atoms with E-state index in [1.807, 2.05) is 0 Å². The molecule has 152 valence electrons. The van der Waals surface area contributed by atoms with Gasteiger partial charge in [-0.3, -0.25) is 14.5 Å². The highest BCUT2D eigenvalue weighted by atomic mass is 32.2. The number of amidine groups is 1. The molecule has 0 aliphatic carbocycles. The summed E-state index contributed by atoms with van der Waals surface area (Å²) in [6.07, 6.45) is -0.222. The highest BCUT2D eigenvalue weighted by Crippen LogP contribution is 2.22. The van der Waals surface area contributed by atoms with Gasteiger partial charge in [-0.2, -0.15) is 0 Å². The lowest BCUT2D eigenvalue weighted by atomic mass is 10.2. The molecule has 2 aromatic rings. The second kappa shape index (κ2) is 8.04. The summed E-state index contributed by atoms with van der Waals surface area (Å²) < 4.78 is 31.7. The number of nitrogens with one attached hydrogen (secondary N) is 2. The van der Waals surface area contributed by atoms with Gasteiger partial charge in [0, 0.05) is 11.3 Å². The Morgan fingerprint density at radius 2 is 1.69 bits per heavy atom. The van der Waals surface area contributed by atoms with Gasteiger partial charge in [0.25, 0.3) is 10.0 Å². The molecule has 1 atom stereocenters. The number of nitrogens with zero attached hydrogens (tertiary/aromatic N) is 1. The van der Waals surface area contributed by atoms with Gasteiger partial charge in [0.05, 0.1) is 16.6 Å². The highest BCUT2D eigenvalue weighted by molar-refractivity contribution is 7.90. The Morgan fingerprint density at radius 3 is 2.34 bits per heavy atom. The number of carbonyl (C=O) groups is 2. The first-order chi connectivity index (χ1) is 13.7. The minimum atomic E-state index is -3.66. The number of anilines is 1. The van der Waals surface area contributed by atoms with E-state index in [2.05, 4.69) is 15.0 Å². The number of hydrogen-bond donors (Lipinski definition) is 2. The average Bonchev–Trinajstić information content (AvgIpc) is 2.92. The van der Waals surface area contributed by atoms with Crippen molar-refractivity contribution < 1.29 is 22.7 Å². The molecule has 2 aromatic carbocycles. The van der Waals surface area contributed by atoms with Crippen LogP contribution in [0.4, 0.5) is 5.69 Å². The van der Waals surface area contributed by atoms with Crippen molar-refractivity contribution in [1.29, 1.82) is 0 Å². The molecule has 0 fully saturated rings. The van der Waals surface area contributed by atoms with Crippen LogP contribution >= 0.6 is 0 Å². The van der Waals surface area contributed by atoms with Gasteiger partial charge in [-0.1, -0.05) is 12.1 Å². The molecule has 1 amide bonds. The first-order valence-corrected chi connectivity index (χ1v) is 10.5. The average molecular weight is 415 g/mol. The van der Waals surface area contributed by atoms with Crippen molar-refractivity contribution >= 4 is 33.4 Å². The maximum Gasteiger partial charge on any atom is 0.338 e. The molecule has 0 bridgehead atoms. The molecule has 1 aliphatic heterocycles. The van der Waals surface area contributed by atoms with E-state index < -0.39 is 27.9 Å². The van der Waals surface area contributed by atoms with Gasteiger partial charge in [0.1, 0.15) is 11.9 Å². The van der Waals surface area contributed by atoms with E-state index in [-0.39, 0.29) is 16.8 Å². The second-order valence-corrected chi connectivity index (χ2v) is 8.43. The first-order valence-electron chi connectivity index (χ1n) is 8.99. The van der Waals surface area contributed by atoms with E-state index in [9.17, 15) is 18.0 Å². The fraction of sp³-hybridized carbons (Fsp3) is 0.250. The summed E-state index contributed by atoms with van der Waals surface area (Å²) in [5.41, 5.74) is 1.29. The maximum absolute atomic E-state index is 12.5. The molecule has 3 rings (SSSR count). The molecule has 1 heterocycles. The van der Waals surface area contributed by atoms with Crippen molar-refractivity contribution in [3.05, 3.63) is 59.7 Å². The first kappa shape index (κ1) is 20.5. The van der Waals surface area contributed by atoms with E-state index in [0.29, 0.717) is 16.8 Å². The zero-order valence-corrected chi connectivity index (χ0v) is 17.0. The molecule has 0 saturated heterocycles. The largest absolute Gasteiger partial charge is 0.459 e. The van der Waals surface area contributed by atoms with Crippen molar-refractivity contribution in [3.8, 4) is 0 Å². The Kier molecular flexibility index (Phi) is 5.69. The fourth-order valence-corrected chi connectivity index (χ4v) is 3.94. The van der Waals surface area contributed by atoms with Gasteiger partial charge >= 0.3 is 5.97 Å². The predicted octanol–water partition coefficient (Wildman–Crippen LogP) is 2.32. The summed E-state index contributed by atoms with van der Waals surface area (Å²) in [5, 5.41) is 2.69. The molecule has 0 unspecified atom stereocenters. The Morgan fingerprint density at radius 1 is 1.03 bits per heavy atom. The molecule has 0 aromatic heterocycles. The van der Waals surface area contributed by atoms with E-state index >= 15 is 0 Å². The third-order valence-corrected chi connectivity index (χ3v) is 5.49. The summed E-state index contributed by atoms with van der Waals surface area (Å²) >= 11 is 0. The maximum atomic E-state index is 12.5. The third-order valence-electron chi connectivity index (χ3n) is 4.10. The van der Waals surface area contributed by atoms with E-state index in [1.165, 1.54) is 6.07 Å². The molecule has 8 nitrogen and oxygen atoms in total. The fourth-order valence-electron chi connectivity index (χ4n) is 2.70. The standard InChI is InChI=1S/C20H21N3O5S/c1-12(2)28-20(25)14-8-10-15(11-9-14)22-19(24)13(3)21-18-16-6-4-5-7-17(16)29(26,27)23-18/h4-13H,1-3H3,(H,21,23)(H,22,24)/t13-/m0/s1. The number of esters is 1. The van der Waals surface area contributed by atoms with Crippen LogP contribution in [0.1, 0.15) is 36.7 Å². The lowest BCUT2D eigenvalue weighted by molar-refractivity contribution is -0.117. The van der Waals surface area contributed by atoms with Crippen LogP contribution in [-0.2, 0) is 19.6 Å². The Balaban J connectivity index is 1.70.